The van der Waals surface area contributed by atoms with E-state index in [2.05, 4.69) is 32.9 Å². The maximum atomic E-state index is 5.63. The van der Waals surface area contributed by atoms with Crippen molar-refractivity contribution in [3.63, 3.8) is 0 Å². The molecule has 1 aromatic carbocycles. The Balaban J connectivity index is 2.77. The summed E-state index contributed by atoms with van der Waals surface area (Å²) in [5, 5.41) is 0. The van der Waals surface area contributed by atoms with Crippen molar-refractivity contribution in [1.82, 2.24) is 0 Å². The molecular formula is C13H20O2. The van der Waals surface area contributed by atoms with E-state index in [1.165, 1.54) is 16.7 Å². The first kappa shape index (κ1) is 12.1. The van der Waals surface area contributed by atoms with E-state index in [1.807, 2.05) is 0 Å². The van der Waals surface area contributed by atoms with Crippen molar-refractivity contribution < 1.29 is 9.47 Å². The van der Waals surface area contributed by atoms with E-state index in [-0.39, 0.29) is 0 Å². The number of rotatable bonds is 5. The molecule has 84 valence electrons. The largest absolute Gasteiger partial charge is 0.491 e. The molecule has 0 N–H and O–H groups in total. The second kappa shape index (κ2) is 5.76. The number of benzene rings is 1. The zero-order valence-electron chi connectivity index (χ0n) is 10.1. The molecule has 0 heterocycles. The predicted molar refractivity (Wildman–Crippen MR) is 62.7 cm³/mol. The molecule has 0 aliphatic carbocycles. The normalized spacial score (nSPS) is 10.4. The molecule has 0 bridgehead atoms. The SMILES string of the molecule is CCc1ccc(OCCOC)c(C)c1C. The molecule has 1 aromatic rings. The lowest BCUT2D eigenvalue weighted by Crippen LogP contribution is -2.06. The van der Waals surface area contributed by atoms with Gasteiger partial charge in [-0.05, 0) is 43.0 Å². The van der Waals surface area contributed by atoms with Crippen molar-refractivity contribution in [2.45, 2.75) is 27.2 Å². The van der Waals surface area contributed by atoms with Gasteiger partial charge in [-0.25, -0.2) is 0 Å². The van der Waals surface area contributed by atoms with E-state index < -0.39 is 0 Å². The molecule has 0 saturated heterocycles. The van der Waals surface area contributed by atoms with Crippen LogP contribution in [0.2, 0.25) is 0 Å². The zero-order chi connectivity index (χ0) is 11.3. The molecule has 0 atom stereocenters. The summed E-state index contributed by atoms with van der Waals surface area (Å²) < 4.78 is 10.6. The topological polar surface area (TPSA) is 18.5 Å². The second-order valence-electron chi connectivity index (χ2n) is 3.67. The highest BCUT2D eigenvalue weighted by molar-refractivity contribution is 5.43. The van der Waals surface area contributed by atoms with E-state index in [1.54, 1.807) is 7.11 Å². The first-order valence-electron chi connectivity index (χ1n) is 5.41. The van der Waals surface area contributed by atoms with Gasteiger partial charge in [0.15, 0.2) is 0 Å². The van der Waals surface area contributed by atoms with Crippen molar-refractivity contribution in [2.24, 2.45) is 0 Å². The first-order valence-corrected chi connectivity index (χ1v) is 5.41. The van der Waals surface area contributed by atoms with Crippen molar-refractivity contribution in [3.05, 3.63) is 28.8 Å². The van der Waals surface area contributed by atoms with E-state index in [4.69, 9.17) is 9.47 Å². The standard InChI is InChI=1S/C13H20O2/c1-5-12-6-7-13(11(3)10(12)2)15-9-8-14-4/h6-7H,5,8-9H2,1-4H3. The summed E-state index contributed by atoms with van der Waals surface area (Å²) in [5.74, 6) is 0.974. The number of hydrogen-bond acceptors (Lipinski definition) is 2. The molecule has 0 aromatic heterocycles. The Kier molecular flexibility index (Phi) is 4.63. The van der Waals surface area contributed by atoms with Crippen molar-refractivity contribution in [2.75, 3.05) is 20.3 Å². The predicted octanol–water partition coefficient (Wildman–Crippen LogP) is 2.89. The molecule has 0 aliphatic heterocycles. The molecule has 0 amide bonds. The summed E-state index contributed by atoms with van der Waals surface area (Å²) >= 11 is 0. The van der Waals surface area contributed by atoms with Gasteiger partial charge in [0.1, 0.15) is 12.4 Å². The van der Waals surface area contributed by atoms with E-state index in [0.29, 0.717) is 13.2 Å². The van der Waals surface area contributed by atoms with Gasteiger partial charge in [-0.3, -0.25) is 0 Å². The number of hydrogen-bond donors (Lipinski definition) is 0. The van der Waals surface area contributed by atoms with Crippen LogP contribution in [-0.2, 0) is 11.2 Å². The van der Waals surface area contributed by atoms with Crippen LogP contribution in [0.4, 0.5) is 0 Å². The number of methoxy groups -OCH3 is 1. The van der Waals surface area contributed by atoms with Gasteiger partial charge in [0.25, 0.3) is 0 Å². The summed E-state index contributed by atoms with van der Waals surface area (Å²) in [7, 11) is 1.68. The molecule has 0 aliphatic rings. The maximum absolute atomic E-state index is 5.63. The van der Waals surface area contributed by atoms with Gasteiger partial charge in [0.2, 0.25) is 0 Å². The van der Waals surface area contributed by atoms with Crippen molar-refractivity contribution >= 4 is 0 Å². The van der Waals surface area contributed by atoms with Crippen LogP contribution in [0.1, 0.15) is 23.6 Å². The summed E-state index contributed by atoms with van der Waals surface area (Å²) in [6.07, 6.45) is 1.07. The summed E-state index contributed by atoms with van der Waals surface area (Å²) in [6.45, 7) is 7.68. The molecule has 0 unspecified atom stereocenters. The Morgan fingerprint density at radius 3 is 2.40 bits per heavy atom. The van der Waals surface area contributed by atoms with Crippen LogP contribution in [0.5, 0.6) is 5.75 Å². The van der Waals surface area contributed by atoms with Gasteiger partial charge >= 0.3 is 0 Å². The summed E-state index contributed by atoms with van der Waals surface area (Å²) in [5.41, 5.74) is 3.98. The minimum Gasteiger partial charge on any atom is -0.491 e. The Labute approximate surface area is 92.2 Å². The van der Waals surface area contributed by atoms with Crippen LogP contribution in [0, 0.1) is 13.8 Å². The number of aryl methyl sites for hydroxylation is 1. The van der Waals surface area contributed by atoms with E-state index in [0.717, 1.165) is 12.2 Å². The van der Waals surface area contributed by atoms with Crippen LogP contribution >= 0.6 is 0 Å². The van der Waals surface area contributed by atoms with Crippen LogP contribution in [0.15, 0.2) is 12.1 Å². The van der Waals surface area contributed by atoms with Crippen LogP contribution in [0.25, 0.3) is 0 Å². The Morgan fingerprint density at radius 2 is 1.80 bits per heavy atom. The molecule has 0 saturated carbocycles. The molecule has 1 rings (SSSR count). The third-order valence-corrected chi connectivity index (χ3v) is 2.78. The first-order chi connectivity index (χ1) is 7.20. The average molecular weight is 208 g/mol. The Hall–Kier alpha value is -1.02. The zero-order valence-corrected chi connectivity index (χ0v) is 10.1. The maximum Gasteiger partial charge on any atom is 0.122 e. The minimum atomic E-state index is 0.613. The molecule has 0 fully saturated rings. The summed E-state index contributed by atoms with van der Waals surface area (Å²) in [4.78, 5) is 0. The quantitative estimate of drug-likeness (QED) is 0.693. The van der Waals surface area contributed by atoms with Gasteiger partial charge in [0, 0.05) is 7.11 Å². The van der Waals surface area contributed by atoms with Crippen LogP contribution < -0.4 is 4.74 Å². The van der Waals surface area contributed by atoms with Gasteiger partial charge < -0.3 is 9.47 Å². The monoisotopic (exact) mass is 208 g/mol. The second-order valence-corrected chi connectivity index (χ2v) is 3.67. The molecule has 2 nitrogen and oxygen atoms in total. The fourth-order valence-corrected chi connectivity index (χ4v) is 1.63. The van der Waals surface area contributed by atoms with Crippen molar-refractivity contribution in [1.29, 1.82) is 0 Å². The van der Waals surface area contributed by atoms with E-state index in [9.17, 15) is 0 Å². The van der Waals surface area contributed by atoms with E-state index >= 15 is 0 Å². The summed E-state index contributed by atoms with van der Waals surface area (Å²) in [6, 6.07) is 4.20. The van der Waals surface area contributed by atoms with Crippen LogP contribution in [-0.4, -0.2) is 20.3 Å². The van der Waals surface area contributed by atoms with Crippen LogP contribution in [0.3, 0.4) is 0 Å². The number of ether oxygens (including phenoxy) is 2. The Bertz CT molecular complexity index is 319. The third kappa shape index (κ3) is 2.96. The molecular weight excluding hydrogens is 188 g/mol. The average Bonchev–Trinajstić information content (AvgIpc) is 2.25. The van der Waals surface area contributed by atoms with Gasteiger partial charge in [-0.15, -0.1) is 0 Å². The molecule has 15 heavy (non-hydrogen) atoms. The smallest absolute Gasteiger partial charge is 0.122 e. The fraction of sp³-hybridized carbons (Fsp3) is 0.538. The highest BCUT2D eigenvalue weighted by atomic mass is 16.5. The Morgan fingerprint density at radius 1 is 1.07 bits per heavy atom. The lowest BCUT2D eigenvalue weighted by Gasteiger charge is -2.13. The van der Waals surface area contributed by atoms with Crippen molar-refractivity contribution in [3.8, 4) is 5.75 Å². The van der Waals surface area contributed by atoms with Gasteiger partial charge in [-0.1, -0.05) is 13.0 Å². The van der Waals surface area contributed by atoms with Gasteiger partial charge in [0.05, 0.1) is 6.61 Å². The lowest BCUT2D eigenvalue weighted by molar-refractivity contribution is 0.146. The lowest BCUT2D eigenvalue weighted by atomic mass is 10.0. The van der Waals surface area contributed by atoms with Gasteiger partial charge in [-0.2, -0.15) is 0 Å². The molecule has 0 spiro atoms. The highest BCUT2D eigenvalue weighted by Gasteiger charge is 2.05. The fourth-order valence-electron chi connectivity index (χ4n) is 1.63. The minimum absolute atomic E-state index is 0.613. The third-order valence-electron chi connectivity index (χ3n) is 2.78. The highest BCUT2D eigenvalue weighted by Crippen LogP contribution is 2.24. The molecule has 0 radical (unpaired) electrons. The molecule has 2 heteroatoms.